The van der Waals surface area contributed by atoms with Crippen LogP contribution in [0.1, 0.15) is 12.8 Å². The molecule has 1 rings (SSSR count). The van der Waals surface area contributed by atoms with Crippen molar-refractivity contribution in [1.29, 1.82) is 0 Å². The third-order valence-corrected chi connectivity index (χ3v) is 4.28. The van der Waals surface area contributed by atoms with Crippen molar-refractivity contribution in [3.8, 4) is 0 Å². The number of nitrogens with zero attached hydrogens (tertiary/aromatic N) is 3. The lowest BCUT2D eigenvalue weighted by Gasteiger charge is -2.17. The summed E-state index contributed by atoms with van der Waals surface area (Å²) < 4.78 is 33.6. The lowest BCUT2D eigenvalue weighted by Crippen LogP contribution is -2.39. The number of imidazole rings is 1. The molecule has 0 bridgehead atoms. The highest BCUT2D eigenvalue weighted by atomic mass is 32.2. The lowest BCUT2D eigenvalue weighted by molar-refractivity contribution is -0.140. The minimum Gasteiger partial charge on any atom is -0.469 e. The molecule has 114 valence electrons. The summed E-state index contributed by atoms with van der Waals surface area (Å²) in [5, 5.41) is 0. The number of esters is 1. The van der Waals surface area contributed by atoms with Gasteiger partial charge >= 0.3 is 5.97 Å². The molecular weight excluding hydrogens is 284 g/mol. The van der Waals surface area contributed by atoms with E-state index in [0.29, 0.717) is 19.5 Å². The number of rotatable bonds is 9. The monoisotopic (exact) mass is 304 g/mol. The first-order chi connectivity index (χ1) is 9.45. The minimum atomic E-state index is -3.55. The molecule has 0 aliphatic rings. The molecule has 0 aromatic carbocycles. The van der Waals surface area contributed by atoms with Crippen molar-refractivity contribution in [2.75, 3.05) is 27.2 Å². The number of carbonyl (C=O) groups is 1. The van der Waals surface area contributed by atoms with Gasteiger partial charge in [0.25, 0.3) is 10.2 Å². The molecule has 1 N–H and O–H groups in total. The van der Waals surface area contributed by atoms with Crippen molar-refractivity contribution in [2.24, 2.45) is 0 Å². The van der Waals surface area contributed by atoms with Crippen LogP contribution in [0.3, 0.4) is 0 Å². The van der Waals surface area contributed by atoms with Gasteiger partial charge in [-0.2, -0.15) is 12.7 Å². The highest BCUT2D eigenvalue weighted by Gasteiger charge is 2.17. The summed E-state index contributed by atoms with van der Waals surface area (Å²) in [6.07, 6.45) is 5.85. The SMILES string of the molecule is COC(=O)CCN(C)S(=O)(=O)NCCCn1ccnc1. The van der Waals surface area contributed by atoms with Crippen molar-refractivity contribution < 1.29 is 17.9 Å². The number of aryl methyl sites for hydroxylation is 1. The first kappa shape index (κ1) is 16.6. The standard InChI is InChI=1S/C11H20N4O4S/c1-14(8-4-11(16)19-2)20(17,18)13-5-3-7-15-9-6-12-10-15/h6,9-10,13H,3-5,7-8H2,1-2H3. The van der Waals surface area contributed by atoms with Crippen molar-refractivity contribution in [2.45, 2.75) is 19.4 Å². The van der Waals surface area contributed by atoms with E-state index in [-0.39, 0.29) is 13.0 Å². The van der Waals surface area contributed by atoms with E-state index in [1.807, 2.05) is 10.8 Å². The van der Waals surface area contributed by atoms with E-state index in [0.717, 1.165) is 4.31 Å². The zero-order valence-corrected chi connectivity index (χ0v) is 12.5. The summed E-state index contributed by atoms with van der Waals surface area (Å²) in [6.45, 7) is 1.10. The predicted molar refractivity (Wildman–Crippen MR) is 73.0 cm³/mol. The molecule has 0 aliphatic heterocycles. The Hall–Kier alpha value is -1.45. The smallest absolute Gasteiger partial charge is 0.306 e. The van der Waals surface area contributed by atoms with Gasteiger partial charge in [0, 0.05) is 39.1 Å². The van der Waals surface area contributed by atoms with Crippen LogP contribution in [-0.4, -0.2) is 55.5 Å². The molecule has 1 aromatic heterocycles. The predicted octanol–water partition coefficient (Wildman–Crippen LogP) is -0.397. The number of nitrogens with one attached hydrogen (secondary N) is 1. The number of hydrogen-bond acceptors (Lipinski definition) is 5. The summed E-state index contributed by atoms with van der Waals surface area (Å²) in [5.41, 5.74) is 0. The van der Waals surface area contributed by atoms with Gasteiger partial charge in [0.05, 0.1) is 19.9 Å². The molecule has 0 saturated heterocycles. The zero-order chi connectivity index (χ0) is 15.0. The van der Waals surface area contributed by atoms with Crippen LogP contribution in [0, 0.1) is 0 Å². The first-order valence-electron chi connectivity index (χ1n) is 6.19. The number of aromatic nitrogens is 2. The van der Waals surface area contributed by atoms with E-state index in [9.17, 15) is 13.2 Å². The Balaban J connectivity index is 2.27. The summed E-state index contributed by atoms with van der Waals surface area (Å²) in [7, 11) is -0.868. The Morgan fingerprint density at radius 2 is 2.25 bits per heavy atom. The average molecular weight is 304 g/mol. The fourth-order valence-corrected chi connectivity index (χ4v) is 2.42. The molecular formula is C11H20N4O4S. The zero-order valence-electron chi connectivity index (χ0n) is 11.7. The fourth-order valence-electron chi connectivity index (χ4n) is 1.46. The Kier molecular flexibility index (Phi) is 6.62. The second kappa shape index (κ2) is 7.98. The maximum Gasteiger partial charge on any atom is 0.306 e. The molecule has 0 unspecified atom stereocenters. The van der Waals surface area contributed by atoms with E-state index in [1.54, 1.807) is 12.5 Å². The molecule has 0 saturated carbocycles. The third kappa shape index (κ3) is 5.68. The number of hydrogen-bond donors (Lipinski definition) is 1. The van der Waals surface area contributed by atoms with E-state index >= 15 is 0 Å². The van der Waals surface area contributed by atoms with Crippen LogP contribution in [0.4, 0.5) is 0 Å². The maximum atomic E-state index is 11.8. The van der Waals surface area contributed by atoms with Gasteiger partial charge in [-0.1, -0.05) is 0 Å². The molecule has 0 fully saturated rings. The Morgan fingerprint density at radius 3 is 2.85 bits per heavy atom. The topological polar surface area (TPSA) is 93.5 Å². The fraction of sp³-hybridized carbons (Fsp3) is 0.636. The summed E-state index contributed by atoms with van der Waals surface area (Å²) in [6, 6.07) is 0. The highest BCUT2D eigenvalue weighted by Crippen LogP contribution is 1.98. The Bertz CT molecular complexity index is 501. The van der Waals surface area contributed by atoms with E-state index in [4.69, 9.17) is 0 Å². The molecule has 8 nitrogen and oxygen atoms in total. The van der Waals surface area contributed by atoms with E-state index < -0.39 is 16.2 Å². The van der Waals surface area contributed by atoms with Crippen LogP contribution in [-0.2, 0) is 26.3 Å². The first-order valence-corrected chi connectivity index (χ1v) is 7.63. The average Bonchev–Trinajstić information content (AvgIpc) is 2.93. The van der Waals surface area contributed by atoms with Crippen molar-refractivity contribution in [3.05, 3.63) is 18.7 Å². The Morgan fingerprint density at radius 1 is 1.50 bits per heavy atom. The van der Waals surface area contributed by atoms with Crippen molar-refractivity contribution >= 4 is 16.2 Å². The normalized spacial score (nSPS) is 11.8. The molecule has 1 aromatic rings. The van der Waals surface area contributed by atoms with Crippen LogP contribution in [0.5, 0.6) is 0 Å². The molecule has 0 spiro atoms. The summed E-state index contributed by atoms with van der Waals surface area (Å²) in [5.74, 6) is -0.438. The van der Waals surface area contributed by atoms with E-state index in [1.165, 1.54) is 14.2 Å². The van der Waals surface area contributed by atoms with Gasteiger partial charge in [-0.05, 0) is 6.42 Å². The lowest BCUT2D eigenvalue weighted by atomic mass is 10.4. The van der Waals surface area contributed by atoms with Gasteiger partial charge in [-0.15, -0.1) is 0 Å². The summed E-state index contributed by atoms with van der Waals surface area (Å²) >= 11 is 0. The molecule has 0 atom stereocenters. The largest absolute Gasteiger partial charge is 0.469 e. The number of methoxy groups -OCH3 is 1. The Labute approximate surface area is 118 Å². The maximum absolute atomic E-state index is 11.8. The van der Waals surface area contributed by atoms with Gasteiger partial charge in [-0.3, -0.25) is 4.79 Å². The van der Waals surface area contributed by atoms with Crippen LogP contribution in [0.2, 0.25) is 0 Å². The van der Waals surface area contributed by atoms with Crippen molar-refractivity contribution in [1.82, 2.24) is 18.6 Å². The van der Waals surface area contributed by atoms with Crippen LogP contribution >= 0.6 is 0 Å². The molecule has 9 heteroatoms. The van der Waals surface area contributed by atoms with Crippen LogP contribution in [0.15, 0.2) is 18.7 Å². The third-order valence-electron chi connectivity index (χ3n) is 2.71. The van der Waals surface area contributed by atoms with Crippen molar-refractivity contribution in [3.63, 3.8) is 0 Å². The second-order valence-electron chi connectivity index (χ2n) is 4.20. The molecule has 0 aliphatic carbocycles. The second-order valence-corrected chi connectivity index (χ2v) is 6.06. The van der Waals surface area contributed by atoms with Gasteiger partial charge < -0.3 is 9.30 Å². The number of ether oxygens (including phenoxy) is 1. The molecule has 0 amide bonds. The van der Waals surface area contributed by atoms with Gasteiger partial charge in [0.15, 0.2) is 0 Å². The molecule has 20 heavy (non-hydrogen) atoms. The van der Waals surface area contributed by atoms with Gasteiger partial charge in [0.2, 0.25) is 0 Å². The number of carbonyl (C=O) groups excluding carboxylic acids is 1. The highest BCUT2D eigenvalue weighted by molar-refractivity contribution is 7.87. The quantitative estimate of drug-likeness (QED) is 0.495. The van der Waals surface area contributed by atoms with E-state index in [2.05, 4.69) is 14.4 Å². The molecule has 0 radical (unpaired) electrons. The molecule has 1 heterocycles. The van der Waals surface area contributed by atoms with Gasteiger partial charge in [0.1, 0.15) is 0 Å². The van der Waals surface area contributed by atoms with Gasteiger partial charge in [-0.25, -0.2) is 9.71 Å². The minimum absolute atomic E-state index is 0.0307. The van der Waals surface area contributed by atoms with Crippen LogP contribution in [0.25, 0.3) is 0 Å². The van der Waals surface area contributed by atoms with Crippen LogP contribution < -0.4 is 4.72 Å². The summed E-state index contributed by atoms with van der Waals surface area (Å²) in [4.78, 5) is 14.9.